The molecule has 0 radical (unpaired) electrons. The van der Waals surface area contributed by atoms with Crippen molar-refractivity contribution in [1.29, 1.82) is 0 Å². The summed E-state index contributed by atoms with van der Waals surface area (Å²) in [5.41, 5.74) is 4.55. The average Bonchev–Trinajstić information content (AvgIpc) is 3.30. The van der Waals surface area contributed by atoms with E-state index in [1.807, 2.05) is 0 Å². The zero-order valence-corrected chi connectivity index (χ0v) is 18.4. The van der Waals surface area contributed by atoms with Crippen LogP contribution in [0.25, 0.3) is 0 Å². The van der Waals surface area contributed by atoms with Gasteiger partial charge in [0.1, 0.15) is 23.5 Å². The maximum atomic E-state index is 14.0. The van der Waals surface area contributed by atoms with Crippen LogP contribution in [0.15, 0.2) is 39.2 Å². The molecule has 0 aromatic heterocycles. The molecule has 2 fully saturated rings. The number of piperidine rings is 1. The van der Waals surface area contributed by atoms with Gasteiger partial charge >= 0.3 is 0 Å². The van der Waals surface area contributed by atoms with Gasteiger partial charge in [-0.2, -0.15) is 15.3 Å². The lowest BCUT2D eigenvalue weighted by Gasteiger charge is -2.40. The van der Waals surface area contributed by atoms with Crippen LogP contribution in [0.5, 0.6) is 0 Å². The van der Waals surface area contributed by atoms with Crippen LogP contribution in [0.1, 0.15) is 18.4 Å². The van der Waals surface area contributed by atoms with Crippen LogP contribution < -0.4 is 21.4 Å². The van der Waals surface area contributed by atoms with Crippen LogP contribution in [-0.4, -0.2) is 55.3 Å². The van der Waals surface area contributed by atoms with Crippen LogP contribution >= 0.6 is 23.2 Å². The van der Waals surface area contributed by atoms with Gasteiger partial charge in [0.2, 0.25) is 0 Å². The summed E-state index contributed by atoms with van der Waals surface area (Å²) >= 11 is 12.5. The van der Waals surface area contributed by atoms with Crippen LogP contribution in [0.2, 0.25) is 10.0 Å². The lowest BCUT2D eigenvalue weighted by molar-refractivity contribution is 0.137. The number of amidine groups is 1. The van der Waals surface area contributed by atoms with Gasteiger partial charge < -0.3 is 10.6 Å². The van der Waals surface area contributed by atoms with Crippen LogP contribution in [0.3, 0.4) is 0 Å². The van der Waals surface area contributed by atoms with Crippen molar-refractivity contribution in [2.24, 2.45) is 21.2 Å². The molecule has 166 valence electrons. The number of hydrazone groups is 1. The Labute approximate surface area is 190 Å². The van der Waals surface area contributed by atoms with Gasteiger partial charge in [-0.3, -0.25) is 15.6 Å². The molecule has 0 aliphatic carbocycles. The van der Waals surface area contributed by atoms with Gasteiger partial charge in [0, 0.05) is 36.1 Å². The Hall–Kier alpha value is -1.78. The minimum Gasteiger partial charge on any atom is -0.346 e. The summed E-state index contributed by atoms with van der Waals surface area (Å²) in [6, 6.07) is 2.79. The van der Waals surface area contributed by atoms with Crippen molar-refractivity contribution in [2.75, 3.05) is 26.2 Å². The monoisotopic (exact) mass is 466 g/mol. The summed E-state index contributed by atoms with van der Waals surface area (Å²) < 4.78 is 14.0. The summed E-state index contributed by atoms with van der Waals surface area (Å²) in [4.78, 5) is 2.20. The maximum Gasteiger partial charge on any atom is 0.158 e. The van der Waals surface area contributed by atoms with Crippen LogP contribution in [0.4, 0.5) is 4.39 Å². The summed E-state index contributed by atoms with van der Waals surface area (Å²) in [6.45, 7) is 3.95. The molecule has 8 nitrogen and oxygen atoms in total. The minimum absolute atomic E-state index is 0.0526. The number of nitrogens with one attached hydrogen (secondary N) is 4. The number of hydrogen-bond acceptors (Lipinski definition) is 8. The highest BCUT2D eigenvalue weighted by Crippen LogP contribution is 2.31. The Balaban J connectivity index is 1.32. The van der Waals surface area contributed by atoms with E-state index in [9.17, 15) is 4.39 Å². The number of hydrogen-bond donors (Lipinski definition) is 4. The Morgan fingerprint density at radius 1 is 1.16 bits per heavy atom. The molecule has 1 aromatic rings. The number of halogens is 3. The van der Waals surface area contributed by atoms with Crippen molar-refractivity contribution in [3.8, 4) is 0 Å². The van der Waals surface area contributed by atoms with Gasteiger partial charge in [-0.25, -0.2) is 4.39 Å². The maximum absolute atomic E-state index is 14.0. The second-order valence-electron chi connectivity index (χ2n) is 8.22. The smallest absolute Gasteiger partial charge is 0.158 e. The third kappa shape index (κ3) is 4.29. The Morgan fingerprint density at radius 3 is 2.84 bits per heavy atom. The van der Waals surface area contributed by atoms with Crippen molar-refractivity contribution >= 4 is 29.0 Å². The normalized spacial score (nSPS) is 29.1. The van der Waals surface area contributed by atoms with Crippen LogP contribution in [0, 0.1) is 11.7 Å². The lowest BCUT2D eigenvalue weighted by atomic mass is 9.97. The summed E-state index contributed by atoms with van der Waals surface area (Å²) in [5, 5.41) is 24.2. The second-order valence-corrected chi connectivity index (χ2v) is 9.00. The molecule has 4 N–H and O–H groups in total. The molecule has 4 aliphatic heterocycles. The van der Waals surface area contributed by atoms with Crippen molar-refractivity contribution in [1.82, 2.24) is 26.3 Å². The van der Waals surface area contributed by atoms with Gasteiger partial charge in [0.15, 0.2) is 6.17 Å². The Kier molecular flexibility index (Phi) is 6.12. The quantitative estimate of drug-likeness (QED) is 0.511. The number of nitrogens with zero attached hydrogens (tertiary/aromatic N) is 4. The minimum atomic E-state index is -0.464. The zero-order chi connectivity index (χ0) is 21.4. The van der Waals surface area contributed by atoms with Crippen molar-refractivity contribution < 1.29 is 4.39 Å². The number of benzene rings is 1. The van der Waals surface area contributed by atoms with Crippen molar-refractivity contribution in [3.63, 3.8) is 0 Å². The molecule has 2 saturated heterocycles. The summed E-state index contributed by atoms with van der Waals surface area (Å²) in [7, 11) is 0. The largest absolute Gasteiger partial charge is 0.346 e. The van der Waals surface area contributed by atoms with Gasteiger partial charge in [-0.1, -0.05) is 23.2 Å². The van der Waals surface area contributed by atoms with Gasteiger partial charge in [0.05, 0.1) is 11.1 Å². The average molecular weight is 467 g/mol. The first-order chi connectivity index (χ1) is 15.1. The number of fused-ring (bicyclic) bond motifs is 1. The van der Waals surface area contributed by atoms with E-state index >= 15 is 0 Å². The van der Waals surface area contributed by atoms with E-state index in [0.29, 0.717) is 23.0 Å². The summed E-state index contributed by atoms with van der Waals surface area (Å²) in [5.74, 6) is 0.952. The van der Waals surface area contributed by atoms with Gasteiger partial charge in [0.25, 0.3) is 0 Å². The van der Waals surface area contributed by atoms with Crippen molar-refractivity contribution in [3.05, 3.63) is 45.3 Å². The lowest BCUT2D eigenvalue weighted by Crippen LogP contribution is -2.57. The molecule has 3 unspecified atom stereocenters. The first-order valence-corrected chi connectivity index (χ1v) is 11.4. The number of rotatable bonds is 4. The molecule has 31 heavy (non-hydrogen) atoms. The molecule has 11 heteroatoms. The molecule has 5 rings (SSSR count). The fourth-order valence-corrected chi connectivity index (χ4v) is 5.01. The molecule has 0 amide bonds. The Morgan fingerprint density at radius 2 is 2.00 bits per heavy atom. The van der Waals surface area contributed by atoms with E-state index in [0.717, 1.165) is 50.6 Å². The third-order valence-corrected chi connectivity index (χ3v) is 7.03. The molecule has 4 aliphatic rings. The number of azo groups is 1. The van der Waals surface area contributed by atoms with E-state index in [4.69, 9.17) is 23.2 Å². The van der Waals surface area contributed by atoms with Crippen LogP contribution in [-0.2, 0) is 6.54 Å². The second kappa shape index (κ2) is 8.99. The molecule has 0 bridgehead atoms. The Bertz CT molecular complexity index is 930. The molecule has 0 saturated carbocycles. The molecular formula is C20H25Cl2FN8. The van der Waals surface area contributed by atoms with E-state index < -0.39 is 5.82 Å². The van der Waals surface area contributed by atoms with E-state index in [-0.39, 0.29) is 23.4 Å². The van der Waals surface area contributed by atoms with Gasteiger partial charge in [-0.05, 0) is 44.1 Å². The molecule has 1 aromatic carbocycles. The van der Waals surface area contributed by atoms with E-state index in [1.165, 1.54) is 6.07 Å². The number of piperazine rings is 1. The van der Waals surface area contributed by atoms with E-state index in [2.05, 4.69) is 47.7 Å². The zero-order valence-electron chi connectivity index (χ0n) is 16.9. The predicted octanol–water partition coefficient (Wildman–Crippen LogP) is 2.41. The highest BCUT2D eigenvalue weighted by molar-refractivity contribution is 6.36. The topological polar surface area (TPSA) is 88.4 Å². The fourth-order valence-electron chi connectivity index (χ4n) is 4.52. The van der Waals surface area contributed by atoms with Crippen molar-refractivity contribution in [2.45, 2.75) is 37.8 Å². The van der Waals surface area contributed by atoms with E-state index in [1.54, 1.807) is 6.07 Å². The van der Waals surface area contributed by atoms with Gasteiger partial charge in [-0.15, -0.1) is 0 Å². The molecule has 0 spiro atoms. The first-order valence-electron chi connectivity index (χ1n) is 10.6. The summed E-state index contributed by atoms with van der Waals surface area (Å²) in [6.07, 6.45) is 3.85. The molecular weight excluding hydrogens is 442 g/mol. The first kappa shape index (κ1) is 21.1. The predicted molar refractivity (Wildman–Crippen MR) is 118 cm³/mol. The standard InChI is InChI=1S/C20H25Cl2FN8/c21-13-1-2-14(23)17(22)12(13)10-31-8-7-25-20-16(31)9-15(27-30-20)19-26-18(28-29-19)11-3-5-24-6-4-11/h1-2,9,11,16,19-20,24-25,29H,3-8,10H2,(H,26,28). The molecule has 4 heterocycles. The highest BCUT2D eigenvalue weighted by Gasteiger charge is 2.36. The molecule has 3 atom stereocenters. The third-order valence-electron chi connectivity index (χ3n) is 6.26. The SMILES string of the molecule is Fc1ccc(Cl)c(CN2CCNC3N=NC(C4NN=C(C5CCNCC5)N4)=CC32)c1Cl. The fraction of sp³-hybridized carbons (Fsp3) is 0.550. The highest BCUT2D eigenvalue weighted by atomic mass is 35.5.